The van der Waals surface area contributed by atoms with Crippen molar-refractivity contribution in [2.24, 2.45) is 0 Å². The van der Waals surface area contributed by atoms with Crippen molar-refractivity contribution in [2.75, 3.05) is 12.0 Å². The zero-order valence-electron chi connectivity index (χ0n) is 9.00. The lowest BCUT2D eigenvalue weighted by Crippen LogP contribution is -2.46. The topological polar surface area (TPSA) is 46.2 Å². The number of halogens is 1. The molecule has 2 aliphatic heterocycles. The maximum absolute atomic E-state index is 14.3. The van der Waals surface area contributed by atoms with E-state index >= 15 is 0 Å². The number of hydrogen-bond donors (Lipinski definition) is 1. The fraction of sp³-hybridized carbons (Fsp3) is 1.00. The summed E-state index contributed by atoms with van der Waals surface area (Å²) in [5.74, 6) is -0.0249. The van der Waals surface area contributed by atoms with E-state index in [1.54, 1.807) is 0 Å². The van der Waals surface area contributed by atoms with Crippen LogP contribution in [0.5, 0.6) is 0 Å². The summed E-state index contributed by atoms with van der Waals surface area (Å²) in [6.45, 7) is 0. The molecule has 0 aromatic heterocycles. The third kappa shape index (κ3) is 2.91. The predicted molar refractivity (Wildman–Crippen MR) is 57.3 cm³/mol. The molecule has 0 saturated carbocycles. The number of nitrogens with one attached hydrogen (secondary N) is 1. The van der Waals surface area contributed by atoms with E-state index in [4.69, 9.17) is 0 Å². The number of piperidine rings is 1. The number of alkyl halides is 1. The number of rotatable bonds is 3. The Morgan fingerprint density at radius 3 is 2.33 bits per heavy atom. The zero-order valence-corrected chi connectivity index (χ0v) is 9.82. The Balaban J connectivity index is 1.96. The van der Waals surface area contributed by atoms with Crippen LogP contribution in [-0.2, 0) is 9.84 Å². The second-order valence-corrected chi connectivity index (χ2v) is 7.34. The molecule has 2 bridgehead atoms. The Labute approximate surface area is 90.4 Å². The molecule has 0 aromatic carbocycles. The SMILES string of the molecule is CS(=O)(=O)CCC1(F)CC2CCC(C1)N2. The van der Waals surface area contributed by atoms with Crippen molar-refractivity contribution in [3.05, 3.63) is 0 Å². The predicted octanol–water partition coefficient (Wildman–Crippen LogP) is 1.04. The summed E-state index contributed by atoms with van der Waals surface area (Å²) in [6.07, 6.45) is 4.38. The molecule has 88 valence electrons. The monoisotopic (exact) mass is 235 g/mol. The van der Waals surface area contributed by atoms with Gasteiger partial charge in [-0.25, -0.2) is 12.8 Å². The highest BCUT2D eigenvalue weighted by Crippen LogP contribution is 2.38. The molecule has 1 N–H and O–H groups in total. The molecule has 0 aliphatic carbocycles. The molecule has 2 unspecified atom stereocenters. The molecule has 5 heteroatoms. The molecule has 2 aliphatic rings. The molecule has 2 saturated heterocycles. The fourth-order valence-corrected chi connectivity index (χ4v) is 3.50. The number of fused-ring (bicyclic) bond motifs is 2. The van der Waals surface area contributed by atoms with Crippen molar-refractivity contribution in [1.29, 1.82) is 0 Å². The standard InChI is InChI=1S/C10H18FNO2S/c1-15(13,14)5-4-10(11)6-8-2-3-9(7-10)12-8/h8-9,12H,2-7H2,1H3. The van der Waals surface area contributed by atoms with Gasteiger partial charge in [0.05, 0.1) is 5.75 Å². The maximum atomic E-state index is 14.3. The van der Waals surface area contributed by atoms with Crippen LogP contribution in [0.3, 0.4) is 0 Å². The molecule has 15 heavy (non-hydrogen) atoms. The Morgan fingerprint density at radius 1 is 1.33 bits per heavy atom. The molecular weight excluding hydrogens is 217 g/mol. The Morgan fingerprint density at radius 2 is 1.87 bits per heavy atom. The fourth-order valence-electron chi connectivity index (χ4n) is 2.76. The van der Waals surface area contributed by atoms with Crippen LogP contribution in [0.2, 0.25) is 0 Å². The minimum absolute atomic E-state index is 0.0249. The molecule has 2 atom stereocenters. The van der Waals surface area contributed by atoms with E-state index in [0.29, 0.717) is 12.8 Å². The average Bonchev–Trinajstić information content (AvgIpc) is 2.42. The van der Waals surface area contributed by atoms with Crippen molar-refractivity contribution < 1.29 is 12.8 Å². The van der Waals surface area contributed by atoms with Crippen molar-refractivity contribution in [3.63, 3.8) is 0 Å². The quantitative estimate of drug-likeness (QED) is 0.795. The average molecular weight is 235 g/mol. The summed E-state index contributed by atoms with van der Waals surface area (Å²) in [5.41, 5.74) is -1.25. The van der Waals surface area contributed by atoms with E-state index in [2.05, 4.69) is 5.32 Å². The summed E-state index contributed by atoms with van der Waals surface area (Å²) in [5, 5.41) is 3.35. The van der Waals surface area contributed by atoms with Gasteiger partial charge in [0.2, 0.25) is 0 Å². The molecule has 0 amide bonds. The first-order valence-electron chi connectivity index (χ1n) is 5.49. The molecule has 0 spiro atoms. The normalized spacial score (nSPS) is 40.7. The minimum Gasteiger partial charge on any atom is -0.311 e. The van der Waals surface area contributed by atoms with Gasteiger partial charge in [0, 0.05) is 18.3 Å². The minimum atomic E-state index is -3.04. The summed E-state index contributed by atoms with van der Waals surface area (Å²) in [6, 6.07) is 0.543. The van der Waals surface area contributed by atoms with Gasteiger partial charge in [-0.1, -0.05) is 0 Å². The molecule has 0 aromatic rings. The van der Waals surface area contributed by atoms with Crippen LogP contribution in [0.25, 0.3) is 0 Å². The van der Waals surface area contributed by atoms with Crippen LogP contribution in [-0.4, -0.2) is 38.2 Å². The van der Waals surface area contributed by atoms with E-state index in [1.165, 1.54) is 6.26 Å². The first-order chi connectivity index (χ1) is 6.86. The lowest BCUT2D eigenvalue weighted by molar-refractivity contribution is 0.0856. The third-order valence-electron chi connectivity index (χ3n) is 3.48. The Hall–Kier alpha value is -0.160. The summed E-state index contributed by atoms with van der Waals surface area (Å²) >= 11 is 0. The van der Waals surface area contributed by atoms with Crippen LogP contribution < -0.4 is 5.32 Å². The number of hydrogen-bond acceptors (Lipinski definition) is 3. The molecule has 0 radical (unpaired) electrons. The maximum Gasteiger partial charge on any atom is 0.147 e. The summed E-state index contributed by atoms with van der Waals surface area (Å²) in [4.78, 5) is 0. The van der Waals surface area contributed by atoms with Crippen LogP contribution >= 0.6 is 0 Å². The highest BCUT2D eigenvalue weighted by atomic mass is 32.2. The smallest absolute Gasteiger partial charge is 0.147 e. The lowest BCUT2D eigenvalue weighted by Gasteiger charge is -2.34. The Kier molecular flexibility index (Phi) is 2.79. The van der Waals surface area contributed by atoms with Crippen LogP contribution in [0.4, 0.5) is 4.39 Å². The first kappa shape index (κ1) is 11.3. The van der Waals surface area contributed by atoms with E-state index in [0.717, 1.165) is 12.8 Å². The van der Waals surface area contributed by atoms with Crippen LogP contribution in [0.15, 0.2) is 0 Å². The third-order valence-corrected chi connectivity index (χ3v) is 4.43. The van der Waals surface area contributed by atoms with Gasteiger partial charge >= 0.3 is 0 Å². The van der Waals surface area contributed by atoms with Gasteiger partial charge in [0.1, 0.15) is 15.5 Å². The van der Waals surface area contributed by atoms with Crippen molar-refractivity contribution in [3.8, 4) is 0 Å². The van der Waals surface area contributed by atoms with Gasteiger partial charge in [-0.05, 0) is 32.1 Å². The van der Waals surface area contributed by atoms with E-state index in [-0.39, 0.29) is 24.3 Å². The molecule has 2 heterocycles. The summed E-state index contributed by atoms with van der Waals surface area (Å²) in [7, 11) is -3.04. The lowest BCUT2D eigenvalue weighted by atomic mass is 9.87. The highest BCUT2D eigenvalue weighted by Gasteiger charge is 2.43. The highest BCUT2D eigenvalue weighted by molar-refractivity contribution is 7.90. The van der Waals surface area contributed by atoms with Gasteiger partial charge < -0.3 is 5.32 Å². The largest absolute Gasteiger partial charge is 0.311 e. The van der Waals surface area contributed by atoms with Crippen molar-refractivity contribution >= 4 is 9.84 Å². The zero-order chi connectivity index (χ0) is 11.1. The van der Waals surface area contributed by atoms with Gasteiger partial charge in [-0.15, -0.1) is 0 Å². The van der Waals surface area contributed by atoms with Gasteiger partial charge in [0.25, 0.3) is 0 Å². The first-order valence-corrected chi connectivity index (χ1v) is 7.55. The Bertz CT molecular complexity index is 329. The van der Waals surface area contributed by atoms with Crippen LogP contribution in [0.1, 0.15) is 32.1 Å². The second-order valence-electron chi connectivity index (χ2n) is 5.08. The molecular formula is C10H18FNO2S. The molecule has 3 nitrogen and oxygen atoms in total. The van der Waals surface area contributed by atoms with Crippen molar-refractivity contribution in [1.82, 2.24) is 5.32 Å². The molecule has 2 rings (SSSR count). The second kappa shape index (κ2) is 3.70. The number of sulfone groups is 1. The summed E-state index contributed by atoms with van der Waals surface area (Å²) < 4.78 is 36.4. The van der Waals surface area contributed by atoms with Gasteiger partial charge in [-0.3, -0.25) is 0 Å². The van der Waals surface area contributed by atoms with Crippen molar-refractivity contribution in [2.45, 2.75) is 49.9 Å². The van der Waals surface area contributed by atoms with E-state index < -0.39 is 15.5 Å². The van der Waals surface area contributed by atoms with Gasteiger partial charge in [0.15, 0.2) is 0 Å². The van der Waals surface area contributed by atoms with Crippen LogP contribution in [0, 0.1) is 0 Å². The molecule has 2 fully saturated rings. The van der Waals surface area contributed by atoms with E-state index in [1.807, 2.05) is 0 Å². The van der Waals surface area contributed by atoms with E-state index in [9.17, 15) is 12.8 Å². The van der Waals surface area contributed by atoms with Gasteiger partial charge in [-0.2, -0.15) is 0 Å².